The van der Waals surface area contributed by atoms with Gasteiger partial charge in [0.2, 0.25) is 11.7 Å². The van der Waals surface area contributed by atoms with E-state index in [1.165, 1.54) is 45.2 Å². The van der Waals surface area contributed by atoms with Crippen LogP contribution in [-0.2, 0) is 6.54 Å². The summed E-state index contributed by atoms with van der Waals surface area (Å²) < 4.78 is 5.39. The third-order valence-electron chi connectivity index (χ3n) is 6.23. The van der Waals surface area contributed by atoms with Crippen LogP contribution in [0.5, 0.6) is 0 Å². The van der Waals surface area contributed by atoms with E-state index < -0.39 is 0 Å². The zero-order chi connectivity index (χ0) is 21.5. The van der Waals surface area contributed by atoms with E-state index in [2.05, 4.69) is 37.6 Å². The summed E-state index contributed by atoms with van der Waals surface area (Å²) in [5.74, 6) is 1.82. The van der Waals surface area contributed by atoms with Crippen molar-refractivity contribution in [1.29, 1.82) is 0 Å². The third kappa shape index (κ3) is 6.20. The molecule has 2 N–H and O–H groups in total. The molecular formula is C23H33ClN6O. The highest BCUT2D eigenvalue weighted by Crippen LogP contribution is 2.25. The van der Waals surface area contributed by atoms with Gasteiger partial charge in [0.1, 0.15) is 6.54 Å². The number of hydrogen-bond acceptors (Lipinski definition) is 5. The average molecular weight is 445 g/mol. The van der Waals surface area contributed by atoms with Gasteiger partial charge in [-0.2, -0.15) is 4.98 Å². The number of aliphatic imine (C=N–C) groups is 1. The van der Waals surface area contributed by atoms with Crippen molar-refractivity contribution in [2.24, 2.45) is 4.99 Å². The molecular weight excluding hydrogens is 412 g/mol. The Morgan fingerprint density at radius 1 is 1.19 bits per heavy atom. The standard InChI is InChI=1S/C23H33ClN6O/c1-2-25-23(27-19-11-13-30(14-12-19)20-9-4-3-5-10-20)26-16-21-28-22(29-31-21)17-7-6-8-18(24)15-17/h6-8,15,19-20H,2-5,9-14,16H2,1H3,(H2,25,26,27). The summed E-state index contributed by atoms with van der Waals surface area (Å²) in [6.45, 7) is 5.57. The summed E-state index contributed by atoms with van der Waals surface area (Å²) >= 11 is 6.06. The Morgan fingerprint density at radius 3 is 2.74 bits per heavy atom. The van der Waals surface area contributed by atoms with Gasteiger partial charge in [-0.25, -0.2) is 4.99 Å². The predicted molar refractivity (Wildman–Crippen MR) is 124 cm³/mol. The van der Waals surface area contributed by atoms with Crippen molar-refractivity contribution >= 4 is 17.6 Å². The molecule has 0 unspecified atom stereocenters. The predicted octanol–water partition coefficient (Wildman–Crippen LogP) is 4.24. The zero-order valence-corrected chi connectivity index (χ0v) is 19.1. The van der Waals surface area contributed by atoms with E-state index >= 15 is 0 Å². The summed E-state index contributed by atoms with van der Waals surface area (Å²) in [6.07, 6.45) is 9.27. The number of guanidine groups is 1. The molecule has 2 aliphatic rings. The second-order valence-electron chi connectivity index (χ2n) is 8.46. The summed E-state index contributed by atoms with van der Waals surface area (Å²) in [4.78, 5) is 11.8. The lowest BCUT2D eigenvalue weighted by Gasteiger charge is -2.39. The molecule has 7 nitrogen and oxygen atoms in total. The molecule has 31 heavy (non-hydrogen) atoms. The first-order chi connectivity index (χ1) is 15.2. The number of benzene rings is 1. The minimum atomic E-state index is 0.337. The van der Waals surface area contributed by atoms with Gasteiger partial charge >= 0.3 is 0 Å². The summed E-state index contributed by atoms with van der Waals surface area (Å²) in [5, 5.41) is 11.6. The molecule has 1 aromatic heterocycles. The number of aromatic nitrogens is 2. The molecule has 2 heterocycles. The van der Waals surface area contributed by atoms with Crippen molar-refractivity contribution < 1.29 is 4.52 Å². The van der Waals surface area contributed by atoms with E-state index in [-0.39, 0.29) is 0 Å². The average Bonchev–Trinajstić information content (AvgIpc) is 3.28. The molecule has 2 fully saturated rings. The van der Waals surface area contributed by atoms with Crippen LogP contribution in [0.3, 0.4) is 0 Å². The van der Waals surface area contributed by atoms with Gasteiger partial charge in [0.25, 0.3) is 0 Å². The highest BCUT2D eigenvalue weighted by atomic mass is 35.5. The Bertz CT molecular complexity index is 855. The van der Waals surface area contributed by atoms with Gasteiger partial charge in [0, 0.05) is 42.3 Å². The Balaban J connectivity index is 1.31. The Labute approximate surface area is 189 Å². The van der Waals surface area contributed by atoms with Crippen molar-refractivity contribution in [3.8, 4) is 11.4 Å². The van der Waals surface area contributed by atoms with Gasteiger partial charge in [-0.05, 0) is 44.7 Å². The molecule has 168 valence electrons. The highest BCUT2D eigenvalue weighted by molar-refractivity contribution is 6.30. The minimum Gasteiger partial charge on any atom is -0.357 e. The van der Waals surface area contributed by atoms with E-state index in [1.54, 1.807) is 0 Å². The van der Waals surface area contributed by atoms with Gasteiger partial charge in [-0.15, -0.1) is 0 Å². The van der Waals surface area contributed by atoms with Crippen molar-refractivity contribution in [2.45, 2.75) is 70.5 Å². The number of hydrogen-bond donors (Lipinski definition) is 2. The molecule has 1 aromatic carbocycles. The van der Waals surface area contributed by atoms with Crippen LogP contribution in [0.2, 0.25) is 5.02 Å². The second kappa shape index (κ2) is 11.0. The molecule has 1 saturated carbocycles. The van der Waals surface area contributed by atoms with Crippen LogP contribution >= 0.6 is 11.6 Å². The maximum Gasteiger partial charge on any atom is 0.248 e. The minimum absolute atomic E-state index is 0.337. The number of rotatable bonds is 6. The van der Waals surface area contributed by atoms with Crippen LogP contribution in [0.4, 0.5) is 0 Å². The topological polar surface area (TPSA) is 78.6 Å². The molecule has 0 bridgehead atoms. The van der Waals surface area contributed by atoms with Crippen LogP contribution in [0.15, 0.2) is 33.8 Å². The number of likely N-dealkylation sites (tertiary alicyclic amines) is 1. The zero-order valence-electron chi connectivity index (χ0n) is 18.3. The number of halogens is 1. The SMILES string of the molecule is CCNC(=NCc1nc(-c2cccc(Cl)c2)no1)NC1CCN(C2CCCCC2)CC1. The first-order valence-corrected chi connectivity index (χ1v) is 12.0. The maximum absolute atomic E-state index is 6.06. The Morgan fingerprint density at radius 2 is 2.00 bits per heavy atom. The molecule has 1 saturated heterocycles. The molecule has 4 rings (SSSR count). The van der Waals surface area contributed by atoms with E-state index in [0.29, 0.717) is 29.3 Å². The summed E-state index contributed by atoms with van der Waals surface area (Å²) in [7, 11) is 0. The number of piperidine rings is 1. The fourth-order valence-electron chi connectivity index (χ4n) is 4.58. The van der Waals surface area contributed by atoms with E-state index in [0.717, 1.165) is 37.0 Å². The van der Waals surface area contributed by atoms with Crippen LogP contribution in [0.25, 0.3) is 11.4 Å². The lowest BCUT2D eigenvalue weighted by atomic mass is 9.92. The van der Waals surface area contributed by atoms with Gasteiger partial charge in [-0.1, -0.05) is 48.2 Å². The summed E-state index contributed by atoms with van der Waals surface area (Å²) in [6, 6.07) is 8.69. The molecule has 0 amide bonds. The van der Waals surface area contributed by atoms with Crippen molar-refractivity contribution in [3.05, 3.63) is 35.2 Å². The molecule has 0 spiro atoms. The Kier molecular flexibility index (Phi) is 7.81. The van der Waals surface area contributed by atoms with Crippen molar-refractivity contribution in [3.63, 3.8) is 0 Å². The molecule has 0 radical (unpaired) electrons. The van der Waals surface area contributed by atoms with Crippen LogP contribution < -0.4 is 10.6 Å². The number of nitrogens with one attached hydrogen (secondary N) is 2. The molecule has 8 heteroatoms. The van der Waals surface area contributed by atoms with E-state index in [4.69, 9.17) is 16.1 Å². The normalized spacial score (nSPS) is 19.5. The largest absolute Gasteiger partial charge is 0.357 e. The van der Waals surface area contributed by atoms with Crippen molar-refractivity contribution in [2.75, 3.05) is 19.6 Å². The first kappa shape index (κ1) is 22.1. The maximum atomic E-state index is 6.06. The van der Waals surface area contributed by atoms with Gasteiger partial charge < -0.3 is 20.1 Å². The Hall–Kier alpha value is -2.12. The molecule has 2 aromatic rings. The second-order valence-corrected chi connectivity index (χ2v) is 8.90. The summed E-state index contributed by atoms with van der Waals surface area (Å²) in [5.41, 5.74) is 0.834. The van der Waals surface area contributed by atoms with E-state index in [1.807, 2.05) is 24.3 Å². The fourth-order valence-corrected chi connectivity index (χ4v) is 4.77. The highest BCUT2D eigenvalue weighted by Gasteiger charge is 2.26. The van der Waals surface area contributed by atoms with Crippen LogP contribution in [0.1, 0.15) is 57.8 Å². The molecule has 1 aliphatic heterocycles. The van der Waals surface area contributed by atoms with Gasteiger partial charge in [-0.3, -0.25) is 0 Å². The van der Waals surface area contributed by atoms with Gasteiger partial charge in [0.15, 0.2) is 5.96 Å². The first-order valence-electron chi connectivity index (χ1n) is 11.6. The quantitative estimate of drug-likeness (QED) is 0.512. The van der Waals surface area contributed by atoms with Crippen LogP contribution in [0, 0.1) is 0 Å². The third-order valence-corrected chi connectivity index (χ3v) is 6.46. The van der Waals surface area contributed by atoms with Gasteiger partial charge in [0.05, 0.1) is 0 Å². The van der Waals surface area contributed by atoms with E-state index in [9.17, 15) is 0 Å². The fraction of sp³-hybridized carbons (Fsp3) is 0.609. The smallest absolute Gasteiger partial charge is 0.248 e. The lowest BCUT2D eigenvalue weighted by molar-refractivity contribution is 0.119. The molecule has 0 atom stereocenters. The lowest BCUT2D eigenvalue weighted by Crippen LogP contribution is -2.50. The molecule has 1 aliphatic carbocycles. The van der Waals surface area contributed by atoms with Crippen LogP contribution in [-0.4, -0.2) is 52.7 Å². The number of nitrogens with zero attached hydrogens (tertiary/aromatic N) is 4. The monoisotopic (exact) mass is 444 g/mol. The van der Waals surface area contributed by atoms with Crippen molar-refractivity contribution in [1.82, 2.24) is 25.7 Å².